The Bertz CT molecular complexity index is 780. The molecule has 3 aromatic heterocycles. The van der Waals surface area contributed by atoms with E-state index in [0.717, 1.165) is 28.4 Å². The Balaban J connectivity index is 1.77. The van der Waals surface area contributed by atoms with Crippen molar-refractivity contribution in [2.24, 2.45) is 7.05 Å². The van der Waals surface area contributed by atoms with E-state index in [1.54, 1.807) is 11.0 Å². The molecule has 20 heavy (non-hydrogen) atoms. The van der Waals surface area contributed by atoms with Crippen molar-refractivity contribution >= 4 is 22.8 Å². The molecule has 0 unspecified atom stereocenters. The topological polar surface area (TPSA) is 71.4 Å². The second kappa shape index (κ2) is 4.06. The number of anilines is 2. The molecular formula is C14H16N6. The Morgan fingerprint density at radius 3 is 2.95 bits per heavy atom. The Morgan fingerprint density at radius 2 is 2.25 bits per heavy atom. The molecular weight excluding hydrogens is 252 g/mol. The maximum Gasteiger partial charge on any atom is 0.159 e. The fraction of sp³-hybridized carbons (Fsp3) is 0.357. The summed E-state index contributed by atoms with van der Waals surface area (Å²) >= 11 is 0. The highest BCUT2D eigenvalue weighted by Gasteiger charge is 2.27. The highest BCUT2D eigenvalue weighted by atomic mass is 15.3. The summed E-state index contributed by atoms with van der Waals surface area (Å²) in [5.74, 6) is 2.31. The summed E-state index contributed by atoms with van der Waals surface area (Å²) in [6, 6.07) is 2.11. The number of imidazole rings is 1. The Kier molecular flexibility index (Phi) is 2.33. The van der Waals surface area contributed by atoms with E-state index in [0.29, 0.717) is 5.92 Å². The van der Waals surface area contributed by atoms with Crippen LogP contribution in [0.1, 0.15) is 29.9 Å². The first-order chi connectivity index (χ1) is 9.70. The molecule has 0 aromatic carbocycles. The lowest BCUT2D eigenvalue weighted by molar-refractivity contribution is 0.770. The molecule has 1 saturated carbocycles. The smallest absolute Gasteiger partial charge is 0.159 e. The van der Waals surface area contributed by atoms with Gasteiger partial charge >= 0.3 is 0 Å². The molecule has 1 aliphatic carbocycles. The Morgan fingerprint density at radius 1 is 1.40 bits per heavy atom. The van der Waals surface area contributed by atoms with Gasteiger partial charge in [0.1, 0.15) is 11.3 Å². The average Bonchev–Trinajstić information content (AvgIpc) is 3.06. The number of hydrogen-bond acceptors (Lipinski definition) is 4. The first kappa shape index (κ1) is 11.5. The van der Waals surface area contributed by atoms with Crippen LogP contribution in [0.25, 0.3) is 11.2 Å². The average molecular weight is 268 g/mol. The number of nitrogens with zero attached hydrogens (tertiary/aromatic N) is 4. The zero-order chi connectivity index (χ0) is 13.7. The summed E-state index contributed by atoms with van der Waals surface area (Å²) in [6.07, 6.45) is 6.18. The van der Waals surface area contributed by atoms with E-state index in [2.05, 4.69) is 31.4 Å². The molecule has 2 N–H and O–H groups in total. The fourth-order valence-corrected chi connectivity index (χ4v) is 2.57. The van der Waals surface area contributed by atoms with Crippen LogP contribution in [0.5, 0.6) is 0 Å². The summed E-state index contributed by atoms with van der Waals surface area (Å²) < 4.78 is 1.80. The summed E-state index contributed by atoms with van der Waals surface area (Å²) in [5, 5.41) is 7.71. The second-order valence-corrected chi connectivity index (χ2v) is 5.43. The van der Waals surface area contributed by atoms with Crippen LogP contribution in [-0.2, 0) is 7.05 Å². The van der Waals surface area contributed by atoms with Crippen molar-refractivity contribution < 1.29 is 0 Å². The van der Waals surface area contributed by atoms with Crippen LogP contribution in [0.2, 0.25) is 0 Å². The molecule has 1 aliphatic rings. The minimum absolute atomic E-state index is 0.633. The highest BCUT2D eigenvalue weighted by molar-refractivity contribution is 5.79. The van der Waals surface area contributed by atoms with Crippen molar-refractivity contribution in [1.29, 1.82) is 0 Å². The van der Waals surface area contributed by atoms with Crippen molar-refractivity contribution in [2.75, 3.05) is 5.32 Å². The van der Waals surface area contributed by atoms with E-state index >= 15 is 0 Å². The lowest BCUT2D eigenvalue weighted by Gasteiger charge is -2.06. The fourth-order valence-electron chi connectivity index (χ4n) is 2.57. The molecule has 0 saturated heterocycles. The zero-order valence-corrected chi connectivity index (χ0v) is 11.5. The predicted molar refractivity (Wildman–Crippen MR) is 77.1 cm³/mol. The van der Waals surface area contributed by atoms with Gasteiger partial charge in [-0.25, -0.2) is 9.97 Å². The number of aromatic nitrogens is 5. The number of pyridine rings is 1. The van der Waals surface area contributed by atoms with E-state index in [1.165, 1.54) is 18.4 Å². The largest absolute Gasteiger partial charge is 0.329 e. The van der Waals surface area contributed by atoms with Gasteiger partial charge in [0, 0.05) is 18.8 Å². The van der Waals surface area contributed by atoms with Crippen LogP contribution < -0.4 is 5.32 Å². The van der Waals surface area contributed by atoms with Gasteiger partial charge in [0.15, 0.2) is 11.5 Å². The lowest BCUT2D eigenvalue weighted by atomic mass is 10.1. The van der Waals surface area contributed by atoms with Gasteiger partial charge in [-0.05, 0) is 37.3 Å². The number of nitrogens with one attached hydrogen (secondary N) is 2. The number of hydrogen-bond donors (Lipinski definition) is 2. The second-order valence-electron chi connectivity index (χ2n) is 5.43. The van der Waals surface area contributed by atoms with Gasteiger partial charge in [-0.1, -0.05) is 0 Å². The van der Waals surface area contributed by atoms with Crippen LogP contribution in [0.4, 0.5) is 11.6 Å². The van der Waals surface area contributed by atoms with Crippen LogP contribution >= 0.6 is 0 Å². The molecule has 4 rings (SSSR count). The van der Waals surface area contributed by atoms with Crippen LogP contribution in [0.3, 0.4) is 0 Å². The predicted octanol–water partition coefficient (Wildman–Crippen LogP) is 2.62. The van der Waals surface area contributed by atoms with Crippen LogP contribution in [-0.4, -0.2) is 24.7 Å². The first-order valence-corrected chi connectivity index (χ1v) is 6.82. The molecule has 0 aliphatic heterocycles. The minimum atomic E-state index is 0.633. The Hall–Kier alpha value is -2.37. The standard InChI is InChI=1S/C14H16N6/c1-8-6-20(2)19-13(8)17-11-5-10(9-3-4-9)12-14(18-11)16-7-15-12/h5-7,9H,3-4H2,1-2H3,(H2,15,16,17,18,19). The van der Waals surface area contributed by atoms with Gasteiger partial charge in [-0.2, -0.15) is 5.10 Å². The highest BCUT2D eigenvalue weighted by Crippen LogP contribution is 2.43. The van der Waals surface area contributed by atoms with Gasteiger partial charge in [0.05, 0.1) is 6.33 Å². The molecule has 0 bridgehead atoms. The minimum Gasteiger partial charge on any atom is -0.329 e. The molecule has 6 heteroatoms. The van der Waals surface area contributed by atoms with Crippen molar-refractivity contribution in [1.82, 2.24) is 24.7 Å². The van der Waals surface area contributed by atoms with Crippen molar-refractivity contribution in [3.05, 3.63) is 29.7 Å². The van der Waals surface area contributed by atoms with Crippen molar-refractivity contribution in [3.8, 4) is 0 Å². The molecule has 102 valence electrons. The maximum absolute atomic E-state index is 4.57. The monoisotopic (exact) mass is 268 g/mol. The van der Waals surface area contributed by atoms with E-state index in [1.807, 2.05) is 20.2 Å². The molecule has 6 nitrogen and oxygen atoms in total. The van der Waals surface area contributed by atoms with Gasteiger partial charge < -0.3 is 10.3 Å². The Labute approximate surface area is 116 Å². The van der Waals surface area contributed by atoms with Crippen LogP contribution in [0.15, 0.2) is 18.6 Å². The normalized spacial score (nSPS) is 14.9. The third-order valence-corrected chi connectivity index (χ3v) is 3.69. The van der Waals surface area contributed by atoms with Crippen molar-refractivity contribution in [3.63, 3.8) is 0 Å². The SMILES string of the molecule is Cc1cn(C)nc1Nc1cc(C2CC2)c2nc[nH]c2n1. The van der Waals surface area contributed by atoms with E-state index in [4.69, 9.17) is 0 Å². The summed E-state index contributed by atoms with van der Waals surface area (Å²) in [7, 11) is 1.92. The van der Waals surface area contributed by atoms with E-state index in [9.17, 15) is 0 Å². The third-order valence-electron chi connectivity index (χ3n) is 3.69. The maximum atomic E-state index is 4.57. The molecule has 0 spiro atoms. The van der Waals surface area contributed by atoms with Gasteiger partial charge in [-0.3, -0.25) is 4.68 Å². The van der Waals surface area contributed by atoms with Crippen molar-refractivity contribution in [2.45, 2.75) is 25.7 Å². The summed E-state index contributed by atoms with van der Waals surface area (Å²) in [6.45, 7) is 2.03. The number of fused-ring (bicyclic) bond motifs is 1. The molecule has 0 radical (unpaired) electrons. The van der Waals surface area contributed by atoms with Gasteiger partial charge in [0.25, 0.3) is 0 Å². The lowest BCUT2D eigenvalue weighted by Crippen LogP contribution is -1.99. The number of H-pyrrole nitrogens is 1. The third kappa shape index (κ3) is 1.84. The zero-order valence-electron chi connectivity index (χ0n) is 11.5. The molecule has 1 fully saturated rings. The quantitative estimate of drug-likeness (QED) is 0.766. The molecule has 3 aromatic rings. The van der Waals surface area contributed by atoms with E-state index in [-0.39, 0.29) is 0 Å². The number of rotatable bonds is 3. The molecule has 0 amide bonds. The van der Waals surface area contributed by atoms with E-state index < -0.39 is 0 Å². The summed E-state index contributed by atoms with van der Waals surface area (Å²) in [4.78, 5) is 12.1. The van der Waals surface area contributed by atoms with Crippen LogP contribution in [0, 0.1) is 6.92 Å². The molecule has 3 heterocycles. The van der Waals surface area contributed by atoms with Gasteiger partial charge in [-0.15, -0.1) is 0 Å². The van der Waals surface area contributed by atoms with Gasteiger partial charge in [0.2, 0.25) is 0 Å². The summed E-state index contributed by atoms with van der Waals surface area (Å²) in [5.41, 5.74) is 4.22. The first-order valence-electron chi connectivity index (χ1n) is 6.82. The molecule has 0 atom stereocenters. The number of aromatic amines is 1. The number of aryl methyl sites for hydroxylation is 2.